The molecule has 3 nitrogen and oxygen atoms in total. The molecule has 0 bridgehead atoms. The Balaban J connectivity index is 1.08. The van der Waals surface area contributed by atoms with Crippen molar-refractivity contribution in [2.45, 2.75) is 0 Å². The van der Waals surface area contributed by atoms with Crippen LogP contribution in [0.3, 0.4) is 0 Å². The van der Waals surface area contributed by atoms with Crippen molar-refractivity contribution in [2.24, 2.45) is 0 Å². The van der Waals surface area contributed by atoms with Crippen molar-refractivity contribution in [2.75, 3.05) is 4.90 Å². The fourth-order valence-corrected chi connectivity index (χ4v) is 8.19. The molecule has 0 saturated heterocycles. The van der Waals surface area contributed by atoms with Crippen LogP contribution in [0.25, 0.3) is 88.0 Å². The van der Waals surface area contributed by atoms with Crippen LogP contribution in [0.1, 0.15) is 0 Å². The molecule has 0 N–H and O–H groups in total. The van der Waals surface area contributed by atoms with Gasteiger partial charge in [0.1, 0.15) is 22.3 Å². The van der Waals surface area contributed by atoms with Gasteiger partial charge in [0.15, 0.2) is 0 Å². The third kappa shape index (κ3) is 5.28. The van der Waals surface area contributed by atoms with Crippen LogP contribution in [0.5, 0.6) is 0 Å². The average Bonchev–Trinajstić information content (AvgIpc) is 3.82. The molecule has 0 aliphatic rings. The van der Waals surface area contributed by atoms with Crippen LogP contribution in [0.15, 0.2) is 209 Å². The standard InChI is InChI=1S/C52H33NO2/c1-2-12-36-31-38(24-23-34(36)11-1)37-13-9-14-41(32-37)53(40-28-25-35(26-29-40)43-18-10-19-46-44-16-4-8-22-50(44)55-52(43)46)48-20-6-3-15-42(48)39-27-30-51-47(33-39)45-17-5-7-21-49(45)54-51/h1-33H. The van der Waals surface area contributed by atoms with Crippen LogP contribution < -0.4 is 4.90 Å². The highest BCUT2D eigenvalue weighted by atomic mass is 16.3. The summed E-state index contributed by atoms with van der Waals surface area (Å²) in [6, 6.07) is 71.1. The largest absolute Gasteiger partial charge is 0.456 e. The molecule has 0 unspecified atom stereocenters. The Hall–Kier alpha value is -7.36. The number of fused-ring (bicyclic) bond motifs is 7. The number of hydrogen-bond acceptors (Lipinski definition) is 3. The molecule has 0 aliphatic heterocycles. The molecule has 0 amide bonds. The summed E-state index contributed by atoms with van der Waals surface area (Å²) in [5.74, 6) is 0. The third-order valence-corrected chi connectivity index (χ3v) is 10.9. The van der Waals surface area contributed by atoms with Gasteiger partial charge in [-0.3, -0.25) is 0 Å². The number of para-hydroxylation sites is 4. The summed E-state index contributed by atoms with van der Waals surface area (Å²) in [5.41, 5.74) is 13.6. The van der Waals surface area contributed by atoms with E-state index in [2.05, 4.69) is 181 Å². The summed E-state index contributed by atoms with van der Waals surface area (Å²) in [4.78, 5) is 2.38. The molecule has 0 saturated carbocycles. The summed E-state index contributed by atoms with van der Waals surface area (Å²) < 4.78 is 12.7. The van der Waals surface area contributed by atoms with Gasteiger partial charge in [-0.15, -0.1) is 0 Å². The van der Waals surface area contributed by atoms with Gasteiger partial charge in [-0.2, -0.15) is 0 Å². The van der Waals surface area contributed by atoms with Crippen LogP contribution in [0, 0.1) is 0 Å². The minimum absolute atomic E-state index is 0.887. The number of rotatable bonds is 6. The van der Waals surface area contributed by atoms with Crippen molar-refractivity contribution < 1.29 is 8.83 Å². The zero-order valence-electron chi connectivity index (χ0n) is 29.8. The minimum Gasteiger partial charge on any atom is -0.456 e. The predicted octanol–water partition coefficient (Wildman–Crippen LogP) is 15.1. The van der Waals surface area contributed by atoms with Crippen LogP contribution in [-0.2, 0) is 0 Å². The first-order valence-corrected chi connectivity index (χ1v) is 18.7. The molecule has 3 heteroatoms. The Morgan fingerprint density at radius 3 is 1.80 bits per heavy atom. The van der Waals surface area contributed by atoms with Gasteiger partial charge in [0.2, 0.25) is 0 Å². The zero-order chi connectivity index (χ0) is 36.3. The second kappa shape index (κ2) is 12.6. The van der Waals surface area contributed by atoms with Gasteiger partial charge >= 0.3 is 0 Å². The Labute approximate surface area is 317 Å². The van der Waals surface area contributed by atoms with Crippen LogP contribution in [0.4, 0.5) is 17.1 Å². The first-order chi connectivity index (χ1) is 27.2. The number of hydrogen-bond donors (Lipinski definition) is 0. The quantitative estimate of drug-likeness (QED) is 0.173. The average molecular weight is 704 g/mol. The molecule has 0 radical (unpaired) electrons. The summed E-state index contributed by atoms with van der Waals surface area (Å²) in [7, 11) is 0. The van der Waals surface area contributed by atoms with Gasteiger partial charge in [0.25, 0.3) is 0 Å². The topological polar surface area (TPSA) is 29.5 Å². The molecule has 258 valence electrons. The minimum atomic E-state index is 0.887. The third-order valence-electron chi connectivity index (χ3n) is 10.9. The van der Waals surface area contributed by atoms with Crippen molar-refractivity contribution in [1.29, 1.82) is 0 Å². The maximum Gasteiger partial charge on any atom is 0.143 e. The van der Waals surface area contributed by atoms with E-state index in [9.17, 15) is 0 Å². The molecule has 2 aromatic heterocycles. The normalized spacial score (nSPS) is 11.6. The van der Waals surface area contributed by atoms with E-state index in [4.69, 9.17) is 8.83 Å². The van der Waals surface area contributed by atoms with E-state index in [0.717, 1.165) is 88.8 Å². The zero-order valence-corrected chi connectivity index (χ0v) is 29.8. The first-order valence-electron chi connectivity index (χ1n) is 18.7. The molecule has 0 aliphatic carbocycles. The molecule has 0 fully saturated rings. The molecule has 0 atom stereocenters. The maximum absolute atomic E-state index is 6.44. The molecule has 11 aromatic rings. The second-order valence-corrected chi connectivity index (χ2v) is 14.1. The van der Waals surface area contributed by atoms with E-state index < -0.39 is 0 Å². The highest BCUT2D eigenvalue weighted by Crippen LogP contribution is 2.44. The lowest BCUT2D eigenvalue weighted by Crippen LogP contribution is -2.11. The van der Waals surface area contributed by atoms with E-state index >= 15 is 0 Å². The number of benzene rings is 9. The van der Waals surface area contributed by atoms with Crippen molar-refractivity contribution in [3.63, 3.8) is 0 Å². The fraction of sp³-hybridized carbons (Fsp3) is 0. The molecule has 2 heterocycles. The van der Waals surface area contributed by atoms with Gasteiger partial charge < -0.3 is 13.7 Å². The van der Waals surface area contributed by atoms with Crippen molar-refractivity contribution >= 4 is 71.7 Å². The smallest absolute Gasteiger partial charge is 0.143 e. The van der Waals surface area contributed by atoms with Crippen molar-refractivity contribution in [3.8, 4) is 33.4 Å². The van der Waals surface area contributed by atoms with E-state index in [1.54, 1.807) is 0 Å². The van der Waals surface area contributed by atoms with Gasteiger partial charge in [-0.05, 0) is 93.7 Å². The Bertz CT molecular complexity index is 3220. The SMILES string of the molecule is c1cc(-c2ccc3ccccc3c2)cc(N(c2ccc(-c3cccc4c3oc3ccccc34)cc2)c2ccccc2-c2ccc3oc4ccccc4c3c2)c1. The lowest BCUT2D eigenvalue weighted by atomic mass is 9.98. The monoisotopic (exact) mass is 703 g/mol. The van der Waals surface area contributed by atoms with Crippen molar-refractivity contribution in [3.05, 3.63) is 200 Å². The van der Waals surface area contributed by atoms with Gasteiger partial charge in [-0.1, -0.05) is 140 Å². The molecule has 55 heavy (non-hydrogen) atoms. The van der Waals surface area contributed by atoms with Crippen LogP contribution >= 0.6 is 0 Å². The number of furan rings is 2. The molecular weight excluding hydrogens is 671 g/mol. The molecule has 0 spiro atoms. The van der Waals surface area contributed by atoms with Crippen LogP contribution in [-0.4, -0.2) is 0 Å². The molecule has 11 rings (SSSR count). The Kier molecular flexibility index (Phi) is 7.17. The van der Waals surface area contributed by atoms with Crippen LogP contribution in [0.2, 0.25) is 0 Å². The molecular formula is C52H33NO2. The first kappa shape index (κ1) is 31.2. The van der Waals surface area contributed by atoms with Gasteiger partial charge in [-0.25, -0.2) is 0 Å². The fourth-order valence-electron chi connectivity index (χ4n) is 8.19. The molecule has 9 aromatic carbocycles. The highest BCUT2D eigenvalue weighted by Gasteiger charge is 2.20. The van der Waals surface area contributed by atoms with Crippen molar-refractivity contribution in [1.82, 2.24) is 0 Å². The van der Waals surface area contributed by atoms with Gasteiger partial charge in [0.05, 0.1) is 5.69 Å². The summed E-state index contributed by atoms with van der Waals surface area (Å²) >= 11 is 0. The summed E-state index contributed by atoms with van der Waals surface area (Å²) in [5, 5.41) is 6.94. The summed E-state index contributed by atoms with van der Waals surface area (Å²) in [6.45, 7) is 0. The highest BCUT2D eigenvalue weighted by molar-refractivity contribution is 6.10. The van der Waals surface area contributed by atoms with Gasteiger partial charge in [0, 0.05) is 44.0 Å². The van der Waals surface area contributed by atoms with E-state index in [0.29, 0.717) is 0 Å². The van der Waals surface area contributed by atoms with E-state index in [1.165, 1.54) is 16.3 Å². The van der Waals surface area contributed by atoms with E-state index in [1.807, 2.05) is 24.3 Å². The van der Waals surface area contributed by atoms with E-state index in [-0.39, 0.29) is 0 Å². The lowest BCUT2D eigenvalue weighted by Gasteiger charge is -2.28. The maximum atomic E-state index is 6.44. The number of anilines is 3. The Morgan fingerprint density at radius 1 is 0.309 bits per heavy atom. The lowest BCUT2D eigenvalue weighted by molar-refractivity contribution is 0.669. The number of nitrogens with zero attached hydrogens (tertiary/aromatic N) is 1. The second-order valence-electron chi connectivity index (χ2n) is 14.1. The Morgan fingerprint density at radius 2 is 0.927 bits per heavy atom. The summed E-state index contributed by atoms with van der Waals surface area (Å²) in [6.07, 6.45) is 0. The predicted molar refractivity (Wildman–Crippen MR) is 229 cm³/mol.